The van der Waals surface area contributed by atoms with Crippen LogP contribution in [0.25, 0.3) is 32.9 Å². The minimum Gasteiger partial charge on any atom is -0.486 e. The van der Waals surface area contributed by atoms with Crippen LogP contribution in [0.4, 0.5) is 15.0 Å². The number of carbonyl (C=O) groups excluding carboxylic acids is 1. The maximum atomic E-state index is 16.5. The fourth-order valence-corrected chi connectivity index (χ4v) is 9.29. The second kappa shape index (κ2) is 14.7. The zero-order valence-corrected chi connectivity index (χ0v) is 33.7. The first-order valence-electron chi connectivity index (χ1n) is 20.9. The molecule has 0 N–H and O–H groups in total. The number of aromatic nitrogens is 4. The SMILES string of the molecule is Cc1c(F)cc2c(cnn2C2CCCCO2)c1-c1c(C2CC2)cc2c(N3C[C@@H]4C[C@H]3CN4C(=O)OC(C)(C)C)nc(O[C@@H]3CCOC3)nc2c1OCc1ccccc1. The summed E-state index contributed by atoms with van der Waals surface area (Å²) in [6.45, 7) is 10.6. The maximum Gasteiger partial charge on any atom is 0.410 e. The highest BCUT2D eigenvalue weighted by molar-refractivity contribution is 6.06. The van der Waals surface area contributed by atoms with E-state index in [4.69, 9.17) is 38.8 Å². The summed E-state index contributed by atoms with van der Waals surface area (Å²) in [5.41, 5.74) is 4.89. The standard InChI is InChI=1S/C45H51FN6O6/c1-26-35(46)20-36-34(21-47-52(36)37-12-8-9-16-55-37)38(26)39-32(28-13-14-28)19-33-40(41(39)56-24-27-10-6-5-7-11-27)48-43(57-31-15-17-54-25-31)49-42(33)50-22-30-18-29(50)23-51(30)44(53)58-45(2,3)4/h5-7,10-11,19-21,28-31,37H,8-9,12-18,22-25H2,1-4H3/t29-,30-,31+,37?/m0/s1. The van der Waals surface area contributed by atoms with E-state index in [0.29, 0.717) is 55.3 Å². The molecule has 0 radical (unpaired) electrons. The normalized spacial score (nSPS) is 23.3. The molecular formula is C45H51FN6O6. The summed E-state index contributed by atoms with van der Waals surface area (Å²) in [6, 6.07) is 14.1. The fraction of sp³-hybridized carbons (Fsp3) is 0.511. The van der Waals surface area contributed by atoms with Crippen LogP contribution < -0.4 is 14.4 Å². The number of rotatable bonds is 9. The molecule has 5 aliphatic rings. The molecule has 6 heterocycles. The molecule has 10 rings (SSSR count). The van der Waals surface area contributed by atoms with Gasteiger partial charge < -0.3 is 33.5 Å². The van der Waals surface area contributed by atoms with E-state index >= 15 is 4.39 Å². The van der Waals surface area contributed by atoms with Gasteiger partial charge >= 0.3 is 12.1 Å². The number of hydrogen-bond donors (Lipinski definition) is 0. The molecule has 13 heteroatoms. The van der Waals surface area contributed by atoms with Crippen molar-refractivity contribution in [3.8, 4) is 22.9 Å². The second-order valence-corrected chi connectivity index (χ2v) is 17.6. The van der Waals surface area contributed by atoms with Gasteiger partial charge in [-0.3, -0.25) is 0 Å². The first-order chi connectivity index (χ1) is 28.1. The molecule has 12 nitrogen and oxygen atoms in total. The first kappa shape index (κ1) is 37.3. The van der Waals surface area contributed by atoms with Crippen LogP contribution in [0.1, 0.15) is 94.6 Å². The quantitative estimate of drug-likeness (QED) is 0.144. The van der Waals surface area contributed by atoms with Crippen LogP contribution in [0, 0.1) is 12.7 Å². The molecule has 0 spiro atoms. The smallest absolute Gasteiger partial charge is 0.410 e. The van der Waals surface area contributed by atoms with E-state index in [1.807, 2.05) is 73.8 Å². The van der Waals surface area contributed by atoms with Gasteiger partial charge in [-0.15, -0.1) is 0 Å². The predicted molar refractivity (Wildman–Crippen MR) is 217 cm³/mol. The van der Waals surface area contributed by atoms with E-state index in [0.717, 1.165) is 83.8 Å². The van der Waals surface area contributed by atoms with Crippen molar-refractivity contribution >= 4 is 33.7 Å². The van der Waals surface area contributed by atoms with Crippen LogP contribution in [-0.2, 0) is 20.8 Å². The Morgan fingerprint density at radius 3 is 2.52 bits per heavy atom. The minimum absolute atomic E-state index is 0.0222. The van der Waals surface area contributed by atoms with Gasteiger partial charge in [-0.25, -0.2) is 13.9 Å². The Hall–Kier alpha value is -5.01. The molecule has 4 aliphatic heterocycles. The molecule has 5 fully saturated rings. The highest BCUT2D eigenvalue weighted by atomic mass is 19.1. The monoisotopic (exact) mass is 790 g/mol. The number of hydrogen-bond acceptors (Lipinski definition) is 10. The number of amides is 1. The Morgan fingerprint density at radius 2 is 1.81 bits per heavy atom. The molecule has 4 saturated heterocycles. The van der Waals surface area contributed by atoms with E-state index in [-0.39, 0.29) is 54.9 Å². The van der Waals surface area contributed by atoms with Gasteiger partial charge in [0.2, 0.25) is 0 Å². The lowest BCUT2D eigenvalue weighted by molar-refractivity contribution is -0.0366. The number of ether oxygens (including phenoxy) is 5. The third-order valence-corrected chi connectivity index (χ3v) is 12.3. The first-order valence-corrected chi connectivity index (χ1v) is 20.9. The summed E-state index contributed by atoms with van der Waals surface area (Å²) in [5, 5.41) is 6.53. The lowest BCUT2D eigenvalue weighted by atomic mass is 9.88. The zero-order valence-electron chi connectivity index (χ0n) is 33.7. The number of likely N-dealkylation sites (tertiary alicyclic amines) is 1. The summed E-state index contributed by atoms with van der Waals surface area (Å²) < 4.78 is 49.5. The van der Waals surface area contributed by atoms with Crippen LogP contribution in [-0.4, -0.2) is 87.4 Å². The third-order valence-electron chi connectivity index (χ3n) is 12.3. The van der Waals surface area contributed by atoms with Gasteiger partial charge in [-0.1, -0.05) is 30.3 Å². The molecule has 1 saturated carbocycles. The van der Waals surface area contributed by atoms with Crippen molar-refractivity contribution < 1.29 is 32.9 Å². The molecule has 1 aliphatic carbocycles. The molecule has 3 aromatic carbocycles. The Morgan fingerprint density at radius 1 is 0.966 bits per heavy atom. The molecule has 304 valence electrons. The summed E-state index contributed by atoms with van der Waals surface area (Å²) in [6.07, 6.45) is 7.50. The van der Waals surface area contributed by atoms with Crippen molar-refractivity contribution in [2.24, 2.45) is 0 Å². The Labute approximate surface area is 337 Å². The third kappa shape index (κ3) is 6.89. The summed E-state index contributed by atoms with van der Waals surface area (Å²) in [7, 11) is 0. The Balaban J connectivity index is 1.17. The highest BCUT2D eigenvalue weighted by Crippen LogP contribution is 2.54. The largest absolute Gasteiger partial charge is 0.486 e. The minimum atomic E-state index is -0.585. The van der Waals surface area contributed by atoms with Gasteiger partial charge in [0, 0.05) is 54.1 Å². The average Bonchev–Trinajstić information content (AvgIpc) is 3.52. The topological polar surface area (TPSA) is 113 Å². The molecule has 2 aromatic heterocycles. The molecule has 58 heavy (non-hydrogen) atoms. The highest BCUT2D eigenvalue weighted by Gasteiger charge is 2.48. The van der Waals surface area contributed by atoms with Gasteiger partial charge in [0.15, 0.2) is 12.0 Å². The van der Waals surface area contributed by atoms with Gasteiger partial charge in [-0.05, 0) is 94.9 Å². The number of nitrogens with zero attached hydrogens (tertiary/aromatic N) is 6. The number of anilines is 1. The predicted octanol–water partition coefficient (Wildman–Crippen LogP) is 8.62. The van der Waals surface area contributed by atoms with E-state index in [1.165, 1.54) is 0 Å². The van der Waals surface area contributed by atoms with Crippen LogP contribution >= 0.6 is 0 Å². The molecular weight excluding hydrogens is 740 g/mol. The van der Waals surface area contributed by atoms with Crippen LogP contribution in [0.3, 0.4) is 0 Å². The number of halogens is 1. The molecule has 1 amide bonds. The van der Waals surface area contributed by atoms with Crippen LogP contribution in [0.5, 0.6) is 11.8 Å². The second-order valence-electron chi connectivity index (χ2n) is 17.6. The number of benzene rings is 3. The van der Waals surface area contributed by atoms with Crippen molar-refractivity contribution in [2.75, 3.05) is 37.8 Å². The van der Waals surface area contributed by atoms with Gasteiger partial charge in [0.05, 0.1) is 37.0 Å². The molecule has 5 aromatic rings. The average molecular weight is 791 g/mol. The van der Waals surface area contributed by atoms with Crippen molar-refractivity contribution in [3.05, 3.63) is 71.2 Å². The number of piperazine rings is 1. The number of fused-ring (bicyclic) bond motifs is 4. The van der Waals surface area contributed by atoms with Gasteiger partial charge in [0.25, 0.3) is 0 Å². The molecule has 1 unspecified atom stereocenters. The van der Waals surface area contributed by atoms with E-state index in [9.17, 15) is 4.79 Å². The van der Waals surface area contributed by atoms with Crippen molar-refractivity contribution in [3.63, 3.8) is 0 Å². The Bertz CT molecular complexity index is 2370. The maximum absolute atomic E-state index is 16.5. The lowest BCUT2D eigenvalue weighted by Crippen LogP contribution is -2.50. The summed E-state index contributed by atoms with van der Waals surface area (Å²) >= 11 is 0. The lowest BCUT2D eigenvalue weighted by Gasteiger charge is -2.36. The van der Waals surface area contributed by atoms with E-state index in [1.54, 1.807) is 6.07 Å². The van der Waals surface area contributed by atoms with E-state index < -0.39 is 5.60 Å². The van der Waals surface area contributed by atoms with Crippen LogP contribution in [0.2, 0.25) is 0 Å². The molecule has 2 bridgehead atoms. The van der Waals surface area contributed by atoms with Gasteiger partial charge in [0.1, 0.15) is 35.5 Å². The van der Waals surface area contributed by atoms with Crippen molar-refractivity contribution in [1.82, 2.24) is 24.6 Å². The summed E-state index contributed by atoms with van der Waals surface area (Å²) in [4.78, 5) is 27.8. The Kier molecular flexibility index (Phi) is 9.43. The zero-order chi connectivity index (χ0) is 39.7. The van der Waals surface area contributed by atoms with E-state index in [2.05, 4.69) is 11.0 Å². The van der Waals surface area contributed by atoms with Crippen molar-refractivity contribution in [1.29, 1.82) is 0 Å². The molecule has 4 atom stereocenters. The summed E-state index contributed by atoms with van der Waals surface area (Å²) in [5.74, 6) is 1.24. The number of carbonyl (C=O) groups is 1. The van der Waals surface area contributed by atoms with Crippen molar-refractivity contribution in [2.45, 2.75) is 115 Å². The van der Waals surface area contributed by atoms with Crippen LogP contribution in [0.15, 0.2) is 48.7 Å². The van der Waals surface area contributed by atoms with Gasteiger partial charge in [-0.2, -0.15) is 15.1 Å². The fourth-order valence-electron chi connectivity index (χ4n) is 9.29.